The number of rotatable bonds is 5. The van der Waals surface area contributed by atoms with E-state index in [0.717, 1.165) is 12.8 Å². The number of benzene rings is 1. The molecule has 0 aromatic heterocycles. The van der Waals surface area contributed by atoms with E-state index < -0.39 is 0 Å². The highest BCUT2D eigenvalue weighted by Gasteiger charge is 2.27. The zero-order valence-electron chi connectivity index (χ0n) is 11.1. The summed E-state index contributed by atoms with van der Waals surface area (Å²) in [5, 5.41) is 2.98. The molecule has 2 rings (SSSR count). The van der Waals surface area contributed by atoms with Gasteiger partial charge < -0.3 is 11.1 Å². The van der Waals surface area contributed by atoms with Gasteiger partial charge in [-0.05, 0) is 23.5 Å². The molecule has 1 aliphatic carbocycles. The van der Waals surface area contributed by atoms with Crippen molar-refractivity contribution >= 4 is 5.91 Å². The van der Waals surface area contributed by atoms with Crippen molar-refractivity contribution in [2.24, 2.45) is 11.7 Å². The minimum absolute atomic E-state index is 0.0197. The molecule has 0 fully saturated rings. The summed E-state index contributed by atoms with van der Waals surface area (Å²) < 4.78 is 0. The van der Waals surface area contributed by atoms with E-state index in [4.69, 9.17) is 5.73 Å². The van der Waals surface area contributed by atoms with Crippen molar-refractivity contribution in [3.05, 3.63) is 35.4 Å². The smallest absolute Gasteiger partial charge is 0.237 e. The van der Waals surface area contributed by atoms with Crippen LogP contribution in [0.3, 0.4) is 0 Å². The Morgan fingerprint density at radius 1 is 1.50 bits per heavy atom. The zero-order valence-corrected chi connectivity index (χ0v) is 11.1. The predicted molar refractivity (Wildman–Crippen MR) is 73.3 cm³/mol. The molecule has 1 aromatic rings. The molecule has 1 unspecified atom stereocenters. The van der Waals surface area contributed by atoms with E-state index in [9.17, 15) is 4.79 Å². The molecule has 3 N–H and O–H groups in total. The Hall–Kier alpha value is -1.35. The number of hydrogen-bond acceptors (Lipinski definition) is 2. The van der Waals surface area contributed by atoms with Gasteiger partial charge in [0.1, 0.15) is 0 Å². The SMILES string of the molecule is CC[C@H](C)[C@H](N)C(=O)NCC1Cc2ccccc21. The second kappa shape index (κ2) is 5.53. The minimum Gasteiger partial charge on any atom is -0.354 e. The van der Waals surface area contributed by atoms with Gasteiger partial charge in [-0.1, -0.05) is 44.5 Å². The van der Waals surface area contributed by atoms with Crippen LogP contribution >= 0.6 is 0 Å². The van der Waals surface area contributed by atoms with Crippen molar-refractivity contribution in [1.29, 1.82) is 0 Å². The third-order valence-corrected chi connectivity index (χ3v) is 4.04. The van der Waals surface area contributed by atoms with Gasteiger partial charge in [-0.3, -0.25) is 4.79 Å². The van der Waals surface area contributed by atoms with Crippen LogP contribution in [0, 0.1) is 5.92 Å². The highest BCUT2D eigenvalue weighted by Crippen LogP contribution is 2.33. The monoisotopic (exact) mass is 246 g/mol. The Balaban J connectivity index is 1.82. The lowest BCUT2D eigenvalue weighted by Gasteiger charge is -2.30. The maximum absolute atomic E-state index is 11.9. The Morgan fingerprint density at radius 2 is 2.22 bits per heavy atom. The number of nitrogens with two attached hydrogens (primary N) is 1. The molecule has 1 amide bonds. The first-order valence-electron chi connectivity index (χ1n) is 6.74. The lowest BCUT2D eigenvalue weighted by atomic mass is 9.77. The summed E-state index contributed by atoms with van der Waals surface area (Å²) in [5.41, 5.74) is 8.68. The Kier molecular flexibility index (Phi) is 4.02. The molecular weight excluding hydrogens is 224 g/mol. The summed E-state index contributed by atoms with van der Waals surface area (Å²) in [5.74, 6) is 0.682. The average molecular weight is 246 g/mol. The molecule has 3 atom stereocenters. The fourth-order valence-electron chi connectivity index (χ4n) is 2.40. The van der Waals surface area contributed by atoms with E-state index in [0.29, 0.717) is 12.5 Å². The van der Waals surface area contributed by atoms with Crippen molar-refractivity contribution in [2.75, 3.05) is 6.54 Å². The summed E-state index contributed by atoms with van der Waals surface area (Å²) in [6.07, 6.45) is 2.00. The van der Waals surface area contributed by atoms with Crippen LogP contribution in [0.5, 0.6) is 0 Å². The van der Waals surface area contributed by atoms with E-state index >= 15 is 0 Å². The van der Waals surface area contributed by atoms with Gasteiger partial charge in [0.25, 0.3) is 0 Å². The van der Waals surface area contributed by atoms with Gasteiger partial charge >= 0.3 is 0 Å². The van der Waals surface area contributed by atoms with Crippen molar-refractivity contribution in [2.45, 2.75) is 38.6 Å². The van der Waals surface area contributed by atoms with E-state index in [1.807, 2.05) is 6.92 Å². The van der Waals surface area contributed by atoms with Crippen LogP contribution < -0.4 is 11.1 Å². The summed E-state index contributed by atoms with van der Waals surface area (Å²) in [7, 11) is 0. The van der Waals surface area contributed by atoms with Gasteiger partial charge in [-0.15, -0.1) is 0 Å². The van der Waals surface area contributed by atoms with E-state index in [-0.39, 0.29) is 17.9 Å². The second-order valence-corrected chi connectivity index (χ2v) is 5.26. The maximum Gasteiger partial charge on any atom is 0.237 e. The first-order valence-corrected chi connectivity index (χ1v) is 6.74. The summed E-state index contributed by atoms with van der Waals surface area (Å²) in [4.78, 5) is 11.9. The molecule has 0 saturated carbocycles. The Labute approximate surface area is 109 Å². The van der Waals surface area contributed by atoms with E-state index in [2.05, 4.69) is 36.5 Å². The maximum atomic E-state index is 11.9. The van der Waals surface area contributed by atoms with Gasteiger partial charge in [0.15, 0.2) is 0 Å². The van der Waals surface area contributed by atoms with Gasteiger partial charge in [0.2, 0.25) is 5.91 Å². The molecule has 18 heavy (non-hydrogen) atoms. The molecule has 3 nitrogen and oxygen atoms in total. The van der Waals surface area contributed by atoms with Crippen molar-refractivity contribution in [1.82, 2.24) is 5.32 Å². The number of amides is 1. The van der Waals surface area contributed by atoms with Crippen molar-refractivity contribution in [3.8, 4) is 0 Å². The van der Waals surface area contributed by atoms with Gasteiger partial charge in [0, 0.05) is 12.5 Å². The highest BCUT2D eigenvalue weighted by molar-refractivity contribution is 5.81. The highest BCUT2D eigenvalue weighted by atomic mass is 16.2. The van der Waals surface area contributed by atoms with Crippen LogP contribution in [0.2, 0.25) is 0 Å². The second-order valence-electron chi connectivity index (χ2n) is 5.26. The fourth-order valence-corrected chi connectivity index (χ4v) is 2.40. The average Bonchev–Trinajstić information content (AvgIpc) is 2.37. The molecule has 0 heterocycles. The number of carbonyl (C=O) groups excluding carboxylic acids is 1. The minimum atomic E-state index is -0.384. The summed E-state index contributed by atoms with van der Waals surface area (Å²) in [6, 6.07) is 8.03. The molecular formula is C15H22N2O. The van der Waals surface area contributed by atoms with Crippen LogP contribution in [0.1, 0.15) is 37.3 Å². The van der Waals surface area contributed by atoms with Gasteiger partial charge in [-0.25, -0.2) is 0 Å². The molecule has 98 valence electrons. The number of carbonyl (C=O) groups is 1. The lowest BCUT2D eigenvalue weighted by Crippen LogP contribution is -2.46. The lowest BCUT2D eigenvalue weighted by molar-refractivity contribution is -0.123. The molecule has 0 saturated heterocycles. The molecule has 0 bridgehead atoms. The largest absolute Gasteiger partial charge is 0.354 e. The zero-order chi connectivity index (χ0) is 13.1. The van der Waals surface area contributed by atoms with Gasteiger partial charge in [-0.2, -0.15) is 0 Å². The molecule has 0 radical (unpaired) electrons. The third-order valence-electron chi connectivity index (χ3n) is 4.04. The molecule has 1 aromatic carbocycles. The fraction of sp³-hybridized carbons (Fsp3) is 0.533. The third kappa shape index (κ3) is 2.56. The molecule has 0 spiro atoms. The Bertz CT molecular complexity index is 430. The topological polar surface area (TPSA) is 55.1 Å². The molecule has 1 aliphatic rings. The number of fused-ring (bicyclic) bond motifs is 1. The number of nitrogens with one attached hydrogen (secondary N) is 1. The summed E-state index contributed by atoms with van der Waals surface area (Å²) in [6.45, 7) is 4.78. The van der Waals surface area contributed by atoms with Crippen molar-refractivity contribution in [3.63, 3.8) is 0 Å². The summed E-state index contributed by atoms with van der Waals surface area (Å²) >= 11 is 0. The molecule has 0 aliphatic heterocycles. The van der Waals surface area contributed by atoms with Crippen LogP contribution in [-0.2, 0) is 11.2 Å². The quantitative estimate of drug-likeness (QED) is 0.832. The normalized spacial score (nSPS) is 20.5. The van der Waals surface area contributed by atoms with Gasteiger partial charge in [0.05, 0.1) is 6.04 Å². The first-order chi connectivity index (χ1) is 8.63. The van der Waals surface area contributed by atoms with Crippen LogP contribution in [0.4, 0.5) is 0 Å². The van der Waals surface area contributed by atoms with Crippen LogP contribution in [0.15, 0.2) is 24.3 Å². The van der Waals surface area contributed by atoms with E-state index in [1.165, 1.54) is 11.1 Å². The van der Waals surface area contributed by atoms with Crippen LogP contribution in [-0.4, -0.2) is 18.5 Å². The van der Waals surface area contributed by atoms with Crippen molar-refractivity contribution < 1.29 is 4.79 Å². The van der Waals surface area contributed by atoms with E-state index in [1.54, 1.807) is 0 Å². The predicted octanol–water partition coefficient (Wildman–Crippen LogP) is 1.82. The first kappa shape index (κ1) is 13.1. The number of hydrogen-bond donors (Lipinski definition) is 2. The molecule has 3 heteroatoms. The standard InChI is InChI=1S/C15H22N2O/c1-3-10(2)14(16)15(18)17-9-12-8-11-6-4-5-7-13(11)12/h4-7,10,12,14H,3,8-9,16H2,1-2H3,(H,17,18)/t10-,12?,14-/m0/s1. The Morgan fingerprint density at radius 3 is 2.89 bits per heavy atom. The van der Waals surface area contributed by atoms with Crippen LogP contribution in [0.25, 0.3) is 0 Å².